The van der Waals surface area contributed by atoms with Gasteiger partial charge < -0.3 is 15.0 Å². The van der Waals surface area contributed by atoms with Crippen LogP contribution in [0.2, 0.25) is 0 Å². The summed E-state index contributed by atoms with van der Waals surface area (Å²) >= 11 is 0. The SMILES string of the molecule is COc1ccc(S(=O)(=O)N2CCN(c3ccc(Nc4cc(C)ccn4)nn3)CC2)c(C)c1C. The van der Waals surface area contributed by atoms with Crippen molar-refractivity contribution in [3.05, 3.63) is 59.3 Å². The third-order valence-electron chi connectivity index (χ3n) is 5.91. The number of hydrogen-bond donors (Lipinski definition) is 1. The lowest BCUT2D eigenvalue weighted by Gasteiger charge is -2.34. The van der Waals surface area contributed by atoms with Crippen LogP contribution in [0.3, 0.4) is 0 Å². The van der Waals surface area contributed by atoms with Crippen LogP contribution in [0.15, 0.2) is 47.5 Å². The number of methoxy groups -OCH3 is 1. The maximum atomic E-state index is 13.3. The fraction of sp³-hybridized carbons (Fsp3) is 0.348. The molecule has 1 saturated heterocycles. The van der Waals surface area contributed by atoms with Gasteiger partial charge in [-0.05, 0) is 73.9 Å². The molecule has 1 aliphatic rings. The standard InChI is InChI=1S/C23H28N6O3S/c1-16-9-10-24-22(15-16)25-21-7-8-23(27-26-21)28-11-13-29(14-12-28)33(30,31)20-6-5-19(32-4)17(2)18(20)3/h5-10,15H,11-14H2,1-4H3,(H,24,25,26). The molecule has 1 fully saturated rings. The number of aryl methyl sites for hydroxylation is 1. The number of piperazine rings is 1. The van der Waals surface area contributed by atoms with Crippen molar-refractivity contribution >= 4 is 27.5 Å². The fourth-order valence-electron chi connectivity index (χ4n) is 3.86. The van der Waals surface area contributed by atoms with E-state index in [1.54, 1.807) is 25.4 Å². The predicted molar refractivity (Wildman–Crippen MR) is 128 cm³/mol. The van der Waals surface area contributed by atoms with E-state index in [4.69, 9.17) is 4.74 Å². The van der Waals surface area contributed by atoms with E-state index < -0.39 is 10.0 Å². The molecule has 1 aromatic carbocycles. The summed E-state index contributed by atoms with van der Waals surface area (Å²) < 4.78 is 33.4. The van der Waals surface area contributed by atoms with Gasteiger partial charge in [0.15, 0.2) is 11.6 Å². The van der Waals surface area contributed by atoms with E-state index in [1.807, 2.05) is 49.9 Å². The van der Waals surface area contributed by atoms with Crippen molar-refractivity contribution in [2.45, 2.75) is 25.7 Å². The largest absolute Gasteiger partial charge is 0.496 e. The molecule has 0 bridgehead atoms. The van der Waals surface area contributed by atoms with Gasteiger partial charge in [0.05, 0.1) is 12.0 Å². The van der Waals surface area contributed by atoms with Crippen LogP contribution in [0.1, 0.15) is 16.7 Å². The van der Waals surface area contributed by atoms with E-state index in [9.17, 15) is 8.42 Å². The Morgan fingerprint density at radius 3 is 2.30 bits per heavy atom. The Morgan fingerprint density at radius 2 is 1.67 bits per heavy atom. The molecule has 10 heteroatoms. The third-order valence-corrected chi connectivity index (χ3v) is 7.95. The molecule has 33 heavy (non-hydrogen) atoms. The monoisotopic (exact) mass is 468 g/mol. The predicted octanol–water partition coefficient (Wildman–Crippen LogP) is 3.06. The maximum Gasteiger partial charge on any atom is 0.243 e. The van der Waals surface area contributed by atoms with Crippen molar-refractivity contribution in [2.24, 2.45) is 0 Å². The molecular weight excluding hydrogens is 440 g/mol. The van der Waals surface area contributed by atoms with Crippen molar-refractivity contribution in [3.8, 4) is 5.75 Å². The first-order valence-electron chi connectivity index (χ1n) is 10.7. The van der Waals surface area contributed by atoms with Crippen LogP contribution < -0.4 is 15.0 Å². The van der Waals surface area contributed by atoms with Crippen LogP contribution in [-0.2, 0) is 10.0 Å². The van der Waals surface area contributed by atoms with Gasteiger partial charge in [-0.25, -0.2) is 13.4 Å². The van der Waals surface area contributed by atoms with Gasteiger partial charge in [-0.2, -0.15) is 4.31 Å². The van der Waals surface area contributed by atoms with Crippen LogP contribution in [0.25, 0.3) is 0 Å². The molecule has 174 valence electrons. The number of anilines is 3. The number of pyridine rings is 1. The normalized spacial score (nSPS) is 14.8. The smallest absolute Gasteiger partial charge is 0.243 e. The molecule has 9 nitrogen and oxygen atoms in total. The van der Waals surface area contributed by atoms with E-state index in [2.05, 4.69) is 20.5 Å². The van der Waals surface area contributed by atoms with E-state index in [1.165, 1.54) is 4.31 Å². The first-order valence-corrected chi connectivity index (χ1v) is 12.2. The summed E-state index contributed by atoms with van der Waals surface area (Å²) in [6.07, 6.45) is 1.74. The molecule has 0 aliphatic carbocycles. The highest BCUT2D eigenvalue weighted by molar-refractivity contribution is 7.89. The van der Waals surface area contributed by atoms with E-state index in [-0.39, 0.29) is 0 Å². The summed E-state index contributed by atoms with van der Waals surface area (Å²) in [5.74, 6) is 2.71. The maximum absolute atomic E-state index is 13.3. The fourth-order valence-corrected chi connectivity index (χ4v) is 5.57. The first kappa shape index (κ1) is 22.9. The lowest BCUT2D eigenvalue weighted by molar-refractivity contribution is 0.382. The average molecular weight is 469 g/mol. The Hall–Kier alpha value is -3.24. The molecule has 0 amide bonds. The molecule has 0 saturated carbocycles. The molecule has 0 radical (unpaired) electrons. The second-order valence-corrected chi connectivity index (χ2v) is 9.93. The minimum atomic E-state index is -3.59. The molecule has 3 aromatic rings. The minimum absolute atomic E-state index is 0.328. The first-order chi connectivity index (χ1) is 15.8. The average Bonchev–Trinajstić information content (AvgIpc) is 2.81. The van der Waals surface area contributed by atoms with Gasteiger partial charge in [-0.1, -0.05) is 0 Å². The Bertz CT molecular complexity index is 1240. The quantitative estimate of drug-likeness (QED) is 0.589. The molecule has 1 N–H and O–H groups in total. The molecule has 0 atom stereocenters. The number of sulfonamides is 1. The van der Waals surface area contributed by atoms with Crippen molar-refractivity contribution in [2.75, 3.05) is 43.5 Å². The molecular formula is C23H28N6O3S. The van der Waals surface area contributed by atoms with Crippen molar-refractivity contribution in [3.63, 3.8) is 0 Å². The zero-order chi connectivity index (χ0) is 23.6. The summed E-state index contributed by atoms with van der Waals surface area (Å²) in [7, 11) is -2.01. The number of rotatable bonds is 6. The Kier molecular flexibility index (Phi) is 6.48. The van der Waals surface area contributed by atoms with Crippen LogP contribution in [0.4, 0.5) is 17.5 Å². The minimum Gasteiger partial charge on any atom is -0.496 e. The van der Waals surface area contributed by atoms with Gasteiger partial charge >= 0.3 is 0 Å². The summed E-state index contributed by atoms with van der Waals surface area (Å²) in [4.78, 5) is 6.64. The van der Waals surface area contributed by atoms with Crippen molar-refractivity contribution < 1.29 is 13.2 Å². The topological polar surface area (TPSA) is 101 Å². The van der Waals surface area contributed by atoms with E-state index in [0.29, 0.717) is 59.8 Å². The summed E-state index contributed by atoms with van der Waals surface area (Å²) in [6.45, 7) is 7.51. The molecule has 1 aliphatic heterocycles. The summed E-state index contributed by atoms with van der Waals surface area (Å²) in [5.41, 5.74) is 2.65. The van der Waals surface area contributed by atoms with Crippen LogP contribution >= 0.6 is 0 Å². The summed E-state index contributed by atoms with van der Waals surface area (Å²) in [6, 6.07) is 10.9. The van der Waals surface area contributed by atoms with Crippen molar-refractivity contribution in [1.29, 1.82) is 0 Å². The number of nitrogens with one attached hydrogen (secondary N) is 1. The highest BCUT2D eigenvalue weighted by Crippen LogP contribution is 2.29. The van der Waals surface area contributed by atoms with Crippen LogP contribution in [-0.4, -0.2) is 61.2 Å². The number of benzene rings is 1. The van der Waals surface area contributed by atoms with Crippen LogP contribution in [0.5, 0.6) is 5.75 Å². The zero-order valence-electron chi connectivity index (χ0n) is 19.2. The summed E-state index contributed by atoms with van der Waals surface area (Å²) in [5, 5.41) is 11.7. The van der Waals surface area contributed by atoms with E-state index in [0.717, 1.165) is 11.1 Å². The second kappa shape index (κ2) is 9.32. The van der Waals surface area contributed by atoms with Gasteiger partial charge in [0.1, 0.15) is 11.6 Å². The van der Waals surface area contributed by atoms with Gasteiger partial charge in [0.25, 0.3) is 0 Å². The second-order valence-electron chi connectivity index (χ2n) is 8.03. The van der Waals surface area contributed by atoms with Gasteiger partial charge in [0, 0.05) is 32.4 Å². The third kappa shape index (κ3) is 4.76. The number of nitrogens with zero attached hydrogens (tertiary/aromatic N) is 5. The Balaban J connectivity index is 1.42. The number of ether oxygens (including phenoxy) is 1. The molecule has 3 heterocycles. The lowest BCUT2D eigenvalue weighted by atomic mass is 10.1. The van der Waals surface area contributed by atoms with Crippen molar-refractivity contribution in [1.82, 2.24) is 19.5 Å². The number of hydrogen-bond acceptors (Lipinski definition) is 8. The lowest BCUT2D eigenvalue weighted by Crippen LogP contribution is -2.49. The Labute approximate surface area is 194 Å². The number of aromatic nitrogens is 3. The molecule has 2 aromatic heterocycles. The Morgan fingerprint density at radius 1 is 0.909 bits per heavy atom. The van der Waals surface area contributed by atoms with E-state index >= 15 is 0 Å². The van der Waals surface area contributed by atoms with Crippen LogP contribution in [0, 0.1) is 20.8 Å². The highest BCUT2D eigenvalue weighted by atomic mass is 32.2. The zero-order valence-corrected chi connectivity index (χ0v) is 20.1. The van der Waals surface area contributed by atoms with Gasteiger partial charge in [-0.15, -0.1) is 10.2 Å². The molecule has 0 unspecified atom stereocenters. The van der Waals surface area contributed by atoms with Gasteiger partial charge in [-0.3, -0.25) is 0 Å². The molecule has 4 rings (SSSR count). The van der Waals surface area contributed by atoms with Gasteiger partial charge in [0.2, 0.25) is 10.0 Å². The molecule has 0 spiro atoms. The highest BCUT2D eigenvalue weighted by Gasteiger charge is 2.30.